The van der Waals surface area contributed by atoms with Crippen LogP contribution in [0.5, 0.6) is 5.75 Å². The maximum Gasteiger partial charge on any atom is 0.191 e. The molecular weight excluding hydrogens is 511 g/mol. The predicted molar refractivity (Wildman–Crippen MR) is 137 cm³/mol. The Kier molecular flexibility index (Phi) is 10.4. The van der Waals surface area contributed by atoms with Gasteiger partial charge in [-0.05, 0) is 24.1 Å². The highest BCUT2D eigenvalue weighted by molar-refractivity contribution is 14.0. The lowest BCUT2D eigenvalue weighted by Crippen LogP contribution is -2.45. The van der Waals surface area contributed by atoms with Crippen molar-refractivity contribution in [3.63, 3.8) is 0 Å². The molecule has 2 aromatic rings. The number of hydrogen-bond acceptors (Lipinski definition) is 4. The maximum absolute atomic E-state index is 12.3. The smallest absolute Gasteiger partial charge is 0.191 e. The number of guanidine groups is 1. The number of anilines is 1. The number of halogens is 1. The molecule has 1 heterocycles. The van der Waals surface area contributed by atoms with E-state index in [-0.39, 0.29) is 24.0 Å². The number of hydrogen-bond donors (Lipinski definition) is 2. The van der Waals surface area contributed by atoms with Crippen molar-refractivity contribution < 1.29 is 8.95 Å². The average molecular weight is 542 g/mol. The Balaban J connectivity index is 0.00000320. The van der Waals surface area contributed by atoms with Gasteiger partial charge in [-0.1, -0.05) is 42.5 Å². The molecule has 2 N–H and O–H groups in total. The van der Waals surface area contributed by atoms with Gasteiger partial charge in [0.1, 0.15) is 5.75 Å². The van der Waals surface area contributed by atoms with Crippen molar-refractivity contribution in [2.75, 3.05) is 44.4 Å². The normalized spacial score (nSPS) is 17.2. The van der Waals surface area contributed by atoms with Crippen molar-refractivity contribution >= 4 is 46.4 Å². The Bertz CT molecular complexity index is 835. The van der Waals surface area contributed by atoms with E-state index in [4.69, 9.17) is 4.74 Å². The molecule has 1 aliphatic heterocycles. The van der Waals surface area contributed by atoms with E-state index in [0.29, 0.717) is 24.1 Å². The van der Waals surface area contributed by atoms with Crippen molar-refractivity contribution in [1.82, 2.24) is 10.6 Å². The number of aliphatic imine (C=N–C) groups is 1. The van der Waals surface area contributed by atoms with Gasteiger partial charge in [0.2, 0.25) is 0 Å². The molecule has 0 radical (unpaired) electrons. The third-order valence-electron chi connectivity index (χ3n) is 4.97. The van der Waals surface area contributed by atoms with E-state index in [2.05, 4.69) is 26.6 Å². The van der Waals surface area contributed by atoms with Crippen LogP contribution in [0.1, 0.15) is 12.0 Å². The molecule has 0 spiro atoms. The van der Waals surface area contributed by atoms with Crippen LogP contribution in [0.3, 0.4) is 0 Å². The molecular formula is C22H31IN4O2S. The first-order chi connectivity index (χ1) is 14.2. The molecule has 0 bridgehead atoms. The fraction of sp³-hybridized carbons (Fsp3) is 0.409. The summed E-state index contributed by atoms with van der Waals surface area (Å²) in [5.74, 6) is 2.84. The summed E-state index contributed by atoms with van der Waals surface area (Å²) in [6.45, 7) is 2.49. The molecule has 0 saturated carbocycles. The van der Waals surface area contributed by atoms with Crippen molar-refractivity contribution in [3.8, 4) is 5.75 Å². The topological polar surface area (TPSA) is 66.0 Å². The molecule has 2 aromatic carbocycles. The standard InChI is InChI=1S/C22H30N4O2S.HI/c1-23-22(24-13-15-29(27)17-18-8-4-3-5-9-18)25-19-12-14-26(16-19)20-10-6-7-11-21(20)28-2;/h3-11,19H,12-17H2,1-2H3,(H2,23,24,25);1H. The molecule has 1 aliphatic rings. The molecule has 2 unspecified atom stereocenters. The van der Waals surface area contributed by atoms with Gasteiger partial charge in [-0.2, -0.15) is 0 Å². The first-order valence-electron chi connectivity index (χ1n) is 9.93. The molecule has 0 amide bonds. The van der Waals surface area contributed by atoms with Crippen LogP contribution in [-0.4, -0.2) is 55.8 Å². The van der Waals surface area contributed by atoms with Gasteiger partial charge in [0.25, 0.3) is 0 Å². The quantitative estimate of drug-likeness (QED) is 0.305. The van der Waals surface area contributed by atoms with Gasteiger partial charge in [0.05, 0.1) is 12.8 Å². The maximum atomic E-state index is 12.3. The SMILES string of the molecule is CN=C(NCCS(=O)Cc1ccccc1)NC1CCN(c2ccccc2OC)C1.I. The second-order valence-corrected chi connectivity index (χ2v) is 8.60. The summed E-state index contributed by atoms with van der Waals surface area (Å²) in [6, 6.07) is 18.4. The Morgan fingerprint density at radius 2 is 1.93 bits per heavy atom. The summed E-state index contributed by atoms with van der Waals surface area (Å²) in [5.41, 5.74) is 2.23. The van der Waals surface area contributed by atoms with Crippen LogP contribution in [-0.2, 0) is 16.6 Å². The van der Waals surface area contributed by atoms with E-state index >= 15 is 0 Å². The number of rotatable bonds is 8. The first kappa shape index (κ1) is 24.5. The first-order valence-corrected chi connectivity index (χ1v) is 11.4. The average Bonchev–Trinajstić information content (AvgIpc) is 3.22. The highest BCUT2D eigenvalue weighted by Gasteiger charge is 2.25. The second-order valence-electron chi connectivity index (χ2n) is 7.02. The fourth-order valence-electron chi connectivity index (χ4n) is 3.49. The summed E-state index contributed by atoms with van der Waals surface area (Å²) in [4.78, 5) is 6.65. The Labute approximate surface area is 199 Å². The number of benzene rings is 2. The van der Waals surface area contributed by atoms with Crippen LogP contribution in [0.25, 0.3) is 0 Å². The monoisotopic (exact) mass is 542 g/mol. The minimum atomic E-state index is -0.895. The molecule has 3 rings (SSSR count). The van der Waals surface area contributed by atoms with Gasteiger partial charge in [-0.25, -0.2) is 0 Å². The summed E-state index contributed by atoms with van der Waals surface area (Å²) in [6.07, 6.45) is 1.03. The molecule has 8 heteroatoms. The third kappa shape index (κ3) is 7.16. The van der Waals surface area contributed by atoms with Gasteiger partial charge in [-0.3, -0.25) is 9.20 Å². The predicted octanol–water partition coefficient (Wildman–Crippen LogP) is 3.01. The van der Waals surface area contributed by atoms with Crippen LogP contribution in [0, 0.1) is 0 Å². The Morgan fingerprint density at radius 1 is 1.20 bits per heavy atom. The molecule has 1 saturated heterocycles. The van der Waals surface area contributed by atoms with E-state index < -0.39 is 10.8 Å². The Morgan fingerprint density at radius 3 is 2.67 bits per heavy atom. The summed E-state index contributed by atoms with van der Waals surface area (Å²) < 4.78 is 17.8. The molecule has 6 nitrogen and oxygen atoms in total. The van der Waals surface area contributed by atoms with E-state index in [1.807, 2.05) is 48.5 Å². The van der Waals surface area contributed by atoms with Crippen LogP contribution in [0.15, 0.2) is 59.6 Å². The summed E-state index contributed by atoms with van der Waals surface area (Å²) in [5, 5.41) is 6.78. The fourth-order valence-corrected chi connectivity index (χ4v) is 4.53. The van der Waals surface area contributed by atoms with Crippen LogP contribution >= 0.6 is 24.0 Å². The van der Waals surface area contributed by atoms with Crippen molar-refractivity contribution in [2.45, 2.75) is 18.2 Å². The molecule has 164 valence electrons. The summed E-state index contributed by atoms with van der Waals surface area (Å²) in [7, 11) is 2.58. The van der Waals surface area contributed by atoms with Crippen LogP contribution in [0.4, 0.5) is 5.69 Å². The van der Waals surface area contributed by atoms with Crippen molar-refractivity contribution in [1.29, 1.82) is 0 Å². The lowest BCUT2D eigenvalue weighted by molar-refractivity contribution is 0.415. The zero-order valence-electron chi connectivity index (χ0n) is 17.5. The molecule has 2 atom stereocenters. The number of nitrogens with one attached hydrogen (secondary N) is 2. The lowest BCUT2D eigenvalue weighted by Gasteiger charge is -2.22. The molecule has 0 aromatic heterocycles. The van der Waals surface area contributed by atoms with Crippen molar-refractivity contribution in [2.24, 2.45) is 4.99 Å². The van der Waals surface area contributed by atoms with E-state index in [1.165, 1.54) is 0 Å². The number of para-hydroxylation sites is 2. The number of ether oxygens (including phenoxy) is 1. The highest BCUT2D eigenvalue weighted by atomic mass is 127. The minimum absolute atomic E-state index is 0. The van der Waals surface area contributed by atoms with Crippen LogP contribution in [0.2, 0.25) is 0 Å². The third-order valence-corrected chi connectivity index (χ3v) is 6.29. The number of methoxy groups -OCH3 is 1. The van der Waals surface area contributed by atoms with Gasteiger partial charge in [0, 0.05) is 55.0 Å². The number of nitrogens with zero attached hydrogens (tertiary/aromatic N) is 2. The van der Waals surface area contributed by atoms with Gasteiger partial charge < -0.3 is 20.3 Å². The van der Waals surface area contributed by atoms with E-state index in [0.717, 1.165) is 42.5 Å². The van der Waals surface area contributed by atoms with E-state index in [9.17, 15) is 4.21 Å². The van der Waals surface area contributed by atoms with Gasteiger partial charge in [0.15, 0.2) is 5.96 Å². The second kappa shape index (κ2) is 12.8. The minimum Gasteiger partial charge on any atom is -0.495 e. The summed E-state index contributed by atoms with van der Waals surface area (Å²) >= 11 is 0. The van der Waals surface area contributed by atoms with Crippen LogP contribution < -0.4 is 20.3 Å². The van der Waals surface area contributed by atoms with Crippen molar-refractivity contribution in [3.05, 3.63) is 60.2 Å². The molecule has 0 aliphatic carbocycles. The lowest BCUT2D eigenvalue weighted by atomic mass is 10.2. The molecule has 30 heavy (non-hydrogen) atoms. The van der Waals surface area contributed by atoms with Gasteiger partial charge in [-0.15, -0.1) is 24.0 Å². The highest BCUT2D eigenvalue weighted by Crippen LogP contribution is 2.30. The largest absolute Gasteiger partial charge is 0.495 e. The Hall–Kier alpha value is -1.81. The molecule has 1 fully saturated rings. The van der Waals surface area contributed by atoms with E-state index in [1.54, 1.807) is 14.2 Å². The van der Waals surface area contributed by atoms with Gasteiger partial charge >= 0.3 is 0 Å². The zero-order valence-corrected chi connectivity index (χ0v) is 20.7. The zero-order chi connectivity index (χ0) is 20.5.